The number of para-hydroxylation sites is 1. The second-order valence-electron chi connectivity index (χ2n) is 3.10. The smallest absolute Gasteiger partial charge is 0.249 e. The molecule has 1 aliphatic heterocycles. The van der Waals surface area contributed by atoms with Crippen LogP contribution in [0, 0.1) is 0 Å². The van der Waals surface area contributed by atoms with Crippen LogP contribution in [0.3, 0.4) is 0 Å². The van der Waals surface area contributed by atoms with E-state index in [2.05, 4.69) is 10.6 Å². The lowest BCUT2D eigenvalue weighted by atomic mass is 10.1. The number of aliphatic hydroxyl groups excluding tert-OH is 1. The molecular formula is C9H10N3O2. The highest BCUT2D eigenvalue weighted by atomic mass is 16.3. The standard InChI is InChI=1S/C9H10N3O2/c10-5-2-1-3-6-8(5)11-7(4-13)9(14)12-6/h1-3,7,10-11,13H,4H2,(H,12,14). The van der Waals surface area contributed by atoms with Crippen molar-refractivity contribution < 1.29 is 9.90 Å². The van der Waals surface area contributed by atoms with E-state index >= 15 is 0 Å². The number of hydrogen-bond donors (Lipinski definition) is 3. The predicted octanol–water partition coefficient (Wildman–Crippen LogP) is 0.326. The van der Waals surface area contributed by atoms with Gasteiger partial charge in [-0.3, -0.25) is 10.5 Å². The third kappa shape index (κ3) is 1.27. The number of amides is 1. The Morgan fingerprint density at radius 3 is 3.00 bits per heavy atom. The molecule has 0 aromatic heterocycles. The SMILES string of the molecule is [NH]c1cccc2c1NC(CO)C(=O)N2. The summed E-state index contributed by atoms with van der Waals surface area (Å²) < 4.78 is 0. The van der Waals surface area contributed by atoms with Crippen LogP contribution in [0.2, 0.25) is 0 Å². The first-order valence-electron chi connectivity index (χ1n) is 4.25. The quantitative estimate of drug-likeness (QED) is 0.599. The summed E-state index contributed by atoms with van der Waals surface area (Å²) in [6, 6.07) is 4.38. The number of hydrogen-bond acceptors (Lipinski definition) is 3. The Morgan fingerprint density at radius 1 is 1.50 bits per heavy atom. The van der Waals surface area contributed by atoms with Crippen LogP contribution < -0.4 is 16.4 Å². The number of aliphatic hydroxyl groups is 1. The van der Waals surface area contributed by atoms with Crippen molar-refractivity contribution in [1.29, 1.82) is 0 Å². The average Bonchev–Trinajstić information content (AvgIpc) is 2.17. The fraction of sp³-hybridized carbons (Fsp3) is 0.222. The van der Waals surface area contributed by atoms with E-state index in [4.69, 9.17) is 10.8 Å². The minimum Gasteiger partial charge on any atom is -0.394 e. The van der Waals surface area contributed by atoms with Crippen molar-refractivity contribution in [2.24, 2.45) is 0 Å². The Hall–Kier alpha value is -1.75. The number of carbonyl (C=O) groups excluding carboxylic acids is 1. The molecule has 1 atom stereocenters. The molecule has 1 amide bonds. The van der Waals surface area contributed by atoms with Gasteiger partial charge in [-0.05, 0) is 12.1 Å². The largest absolute Gasteiger partial charge is 0.394 e. The van der Waals surface area contributed by atoms with Crippen LogP contribution >= 0.6 is 0 Å². The van der Waals surface area contributed by atoms with Crippen LogP contribution in [-0.4, -0.2) is 23.7 Å². The second kappa shape index (κ2) is 3.19. The number of nitrogens with one attached hydrogen (secondary N) is 3. The van der Waals surface area contributed by atoms with Gasteiger partial charge in [0.1, 0.15) is 6.04 Å². The number of rotatable bonds is 1. The van der Waals surface area contributed by atoms with Crippen molar-refractivity contribution in [1.82, 2.24) is 5.73 Å². The Morgan fingerprint density at radius 2 is 2.29 bits per heavy atom. The summed E-state index contributed by atoms with van der Waals surface area (Å²) >= 11 is 0. The van der Waals surface area contributed by atoms with Gasteiger partial charge < -0.3 is 15.7 Å². The van der Waals surface area contributed by atoms with E-state index in [9.17, 15) is 4.79 Å². The van der Waals surface area contributed by atoms with Crippen molar-refractivity contribution >= 4 is 23.0 Å². The average molecular weight is 192 g/mol. The van der Waals surface area contributed by atoms with Crippen LogP contribution in [0.4, 0.5) is 17.1 Å². The van der Waals surface area contributed by atoms with Gasteiger partial charge in [-0.2, -0.15) is 0 Å². The molecular weight excluding hydrogens is 182 g/mol. The van der Waals surface area contributed by atoms with Crippen LogP contribution in [0.25, 0.3) is 0 Å². The molecule has 2 rings (SSSR count). The zero-order valence-corrected chi connectivity index (χ0v) is 7.37. The molecule has 0 saturated carbocycles. The monoisotopic (exact) mass is 192 g/mol. The lowest BCUT2D eigenvalue weighted by molar-refractivity contribution is -0.117. The summed E-state index contributed by atoms with van der Waals surface area (Å²) in [5.74, 6) is -0.273. The molecule has 5 nitrogen and oxygen atoms in total. The van der Waals surface area contributed by atoms with Crippen molar-refractivity contribution in [2.75, 3.05) is 17.2 Å². The summed E-state index contributed by atoms with van der Waals surface area (Å²) in [6.45, 7) is -0.278. The Bertz CT molecular complexity index is 378. The number of fused-ring (bicyclic) bond motifs is 1. The summed E-state index contributed by atoms with van der Waals surface area (Å²) in [5.41, 5.74) is 9.04. The zero-order chi connectivity index (χ0) is 10.1. The van der Waals surface area contributed by atoms with Gasteiger partial charge in [0.05, 0.1) is 23.7 Å². The van der Waals surface area contributed by atoms with Gasteiger partial charge in [-0.25, -0.2) is 0 Å². The maximum atomic E-state index is 11.3. The first-order valence-corrected chi connectivity index (χ1v) is 4.25. The van der Waals surface area contributed by atoms with Gasteiger partial charge >= 0.3 is 0 Å². The number of benzene rings is 1. The lowest BCUT2D eigenvalue weighted by Crippen LogP contribution is -2.41. The second-order valence-corrected chi connectivity index (χ2v) is 3.10. The van der Waals surface area contributed by atoms with Gasteiger partial charge in [0, 0.05) is 0 Å². The fourth-order valence-corrected chi connectivity index (χ4v) is 1.40. The first kappa shape index (κ1) is 8.83. The molecule has 14 heavy (non-hydrogen) atoms. The van der Waals surface area contributed by atoms with E-state index < -0.39 is 6.04 Å². The summed E-state index contributed by atoms with van der Waals surface area (Å²) in [5, 5.41) is 14.3. The maximum absolute atomic E-state index is 11.3. The van der Waals surface area contributed by atoms with Crippen LogP contribution in [0.5, 0.6) is 0 Å². The lowest BCUT2D eigenvalue weighted by Gasteiger charge is -2.26. The molecule has 5 heteroatoms. The molecule has 0 aliphatic carbocycles. The van der Waals surface area contributed by atoms with Crippen molar-refractivity contribution in [3.8, 4) is 0 Å². The highest BCUT2D eigenvalue weighted by Crippen LogP contribution is 2.32. The van der Waals surface area contributed by atoms with E-state index in [1.165, 1.54) is 0 Å². The normalized spacial score (nSPS) is 19.5. The summed E-state index contributed by atoms with van der Waals surface area (Å²) in [4.78, 5) is 11.3. The molecule has 0 spiro atoms. The number of anilines is 2. The highest BCUT2D eigenvalue weighted by Gasteiger charge is 2.25. The summed E-state index contributed by atoms with van der Waals surface area (Å²) in [7, 11) is 0. The van der Waals surface area contributed by atoms with Crippen molar-refractivity contribution in [2.45, 2.75) is 6.04 Å². The van der Waals surface area contributed by atoms with Crippen molar-refractivity contribution in [3.63, 3.8) is 0 Å². The predicted molar refractivity (Wildman–Crippen MR) is 52.3 cm³/mol. The molecule has 1 aromatic carbocycles. The van der Waals surface area contributed by atoms with E-state index in [1.807, 2.05) is 0 Å². The maximum Gasteiger partial charge on any atom is 0.249 e. The molecule has 0 bridgehead atoms. The van der Waals surface area contributed by atoms with E-state index in [0.29, 0.717) is 17.1 Å². The molecule has 1 radical (unpaired) electrons. The van der Waals surface area contributed by atoms with Crippen LogP contribution in [-0.2, 0) is 4.79 Å². The molecule has 0 fully saturated rings. The molecule has 0 saturated heterocycles. The fourth-order valence-electron chi connectivity index (χ4n) is 1.40. The van der Waals surface area contributed by atoms with Crippen LogP contribution in [0.1, 0.15) is 0 Å². The zero-order valence-electron chi connectivity index (χ0n) is 7.37. The Kier molecular flexibility index (Phi) is 2.01. The third-order valence-corrected chi connectivity index (χ3v) is 2.14. The van der Waals surface area contributed by atoms with Gasteiger partial charge in [-0.15, -0.1) is 0 Å². The molecule has 1 aromatic rings. The highest BCUT2D eigenvalue weighted by molar-refractivity contribution is 6.05. The van der Waals surface area contributed by atoms with E-state index in [0.717, 1.165) is 0 Å². The van der Waals surface area contributed by atoms with Crippen LogP contribution in [0.15, 0.2) is 18.2 Å². The Balaban J connectivity index is 2.40. The molecule has 1 unspecified atom stereocenters. The Labute approximate surface area is 80.9 Å². The minimum atomic E-state index is -0.658. The van der Waals surface area contributed by atoms with Gasteiger partial charge in [0.15, 0.2) is 0 Å². The third-order valence-electron chi connectivity index (χ3n) is 2.14. The molecule has 1 heterocycles. The van der Waals surface area contributed by atoms with Crippen molar-refractivity contribution in [3.05, 3.63) is 18.2 Å². The summed E-state index contributed by atoms with van der Waals surface area (Å²) in [6.07, 6.45) is 0. The molecule has 73 valence electrons. The van der Waals surface area contributed by atoms with E-state index in [1.54, 1.807) is 18.2 Å². The van der Waals surface area contributed by atoms with Gasteiger partial charge in [0.25, 0.3) is 0 Å². The number of carbonyl (C=O) groups is 1. The van der Waals surface area contributed by atoms with Gasteiger partial charge in [-0.1, -0.05) is 6.07 Å². The van der Waals surface area contributed by atoms with E-state index in [-0.39, 0.29) is 12.5 Å². The minimum absolute atomic E-state index is 0.273. The topological polar surface area (TPSA) is 85.2 Å². The molecule has 4 N–H and O–H groups in total. The van der Waals surface area contributed by atoms with Gasteiger partial charge in [0.2, 0.25) is 5.91 Å². The molecule has 1 aliphatic rings. The first-order chi connectivity index (χ1) is 6.72.